The molecule has 1 saturated heterocycles. The van der Waals surface area contributed by atoms with Crippen molar-refractivity contribution in [3.63, 3.8) is 0 Å². The standard InChI is InChI=1S/C25H27NO6/c1-2-10-26-22(17-5-3-7-19(15-17)31-13-11-27)21(24(29)25(26)30)23(28)18-8-9-20-16(14-18)6-4-12-32-20/h3,5,7-9,14-15,22,27-28H,2,4,6,10-13H2,1H3/b23-21-. The van der Waals surface area contributed by atoms with E-state index in [0.29, 0.717) is 36.4 Å². The summed E-state index contributed by atoms with van der Waals surface area (Å²) in [6, 6.07) is 11.7. The van der Waals surface area contributed by atoms with Crippen LogP contribution in [0.5, 0.6) is 11.5 Å². The summed E-state index contributed by atoms with van der Waals surface area (Å²) in [4.78, 5) is 27.4. The van der Waals surface area contributed by atoms with Gasteiger partial charge in [-0.25, -0.2) is 0 Å². The van der Waals surface area contributed by atoms with Crippen molar-refractivity contribution in [2.24, 2.45) is 0 Å². The maximum Gasteiger partial charge on any atom is 0.295 e. The number of likely N-dealkylation sites (tertiary alicyclic amines) is 1. The van der Waals surface area contributed by atoms with Crippen LogP contribution in [0.15, 0.2) is 48.0 Å². The molecule has 7 nitrogen and oxygen atoms in total. The number of aliphatic hydroxyl groups excluding tert-OH is 2. The van der Waals surface area contributed by atoms with Gasteiger partial charge < -0.3 is 24.6 Å². The van der Waals surface area contributed by atoms with E-state index in [0.717, 1.165) is 24.2 Å². The van der Waals surface area contributed by atoms with Crippen LogP contribution in [0.1, 0.15) is 42.5 Å². The smallest absolute Gasteiger partial charge is 0.295 e. The number of fused-ring (bicyclic) bond motifs is 1. The molecule has 0 bridgehead atoms. The summed E-state index contributed by atoms with van der Waals surface area (Å²) < 4.78 is 11.2. The van der Waals surface area contributed by atoms with Crippen LogP contribution < -0.4 is 9.47 Å². The average Bonchev–Trinajstić information content (AvgIpc) is 3.07. The number of aryl methyl sites for hydroxylation is 1. The minimum absolute atomic E-state index is 0.0689. The molecule has 2 aliphatic rings. The van der Waals surface area contributed by atoms with Crippen molar-refractivity contribution in [2.75, 3.05) is 26.4 Å². The summed E-state index contributed by atoms with van der Waals surface area (Å²) >= 11 is 0. The lowest BCUT2D eigenvalue weighted by Gasteiger charge is -2.25. The molecule has 1 amide bonds. The molecule has 0 radical (unpaired) electrons. The number of aliphatic hydroxyl groups is 2. The summed E-state index contributed by atoms with van der Waals surface area (Å²) in [5.74, 6) is -0.214. The first kappa shape index (κ1) is 21.9. The normalized spacial score (nSPS) is 19.6. The van der Waals surface area contributed by atoms with E-state index in [4.69, 9.17) is 14.6 Å². The molecular weight excluding hydrogens is 410 g/mol. The second kappa shape index (κ2) is 9.44. The van der Waals surface area contributed by atoms with Crippen molar-refractivity contribution < 1.29 is 29.3 Å². The zero-order valence-electron chi connectivity index (χ0n) is 18.0. The Kier molecular flexibility index (Phi) is 6.46. The van der Waals surface area contributed by atoms with Gasteiger partial charge in [0.05, 0.1) is 24.8 Å². The summed E-state index contributed by atoms with van der Waals surface area (Å²) in [5.41, 5.74) is 2.19. The van der Waals surface area contributed by atoms with E-state index in [9.17, 15) is 14.7 Å². The van der Waals surface area contributed by atoms with Gasteiger partial charge in [0.25, 0.3) is 11.7 Å². The van der Waals surface area contributed by atoms with Crippen molar-refractivity contribution >= 4 is 17.4 Å². The first-order valence-corrected chi connectivity index (χ1v) is 10.9. The lowest BCUT2D eigenvalue weighted by atomic mass is 9.94. The molecule has 2 aromatic carbocycles. The van der Waals surface area contributed by atoms with Crippen LogP contribution in [-0.2, 0) is 16.0 Å². The van der Waals surface area contributed by atoms with Gasteiger partial charge in [0.2, 0.25) is 0 Å². The molecule has 0 aliphatic carbocycles. The van der Waals surface area contributed by atoms with E-state index in [2.05, 4.69) is 0 Å². The predicted molar refractivity (Wildman–Crippen MR) is 119 cm³/mol. The predicted octanol–water partition coefficient (Wildman–Crippen LogP) is 3.21. The van der Waals surface area contributed by atoms with Crippen molar-refractivity contribution in [2.45, 2.75) is 32.2 Å². The number of rotatable bonds is 7. The Morgan fingerprint density at radius 1 is 1.22 bits per heavy atom. The summed E-state index contributed by atoms with van der Waals surface area (Å²) in [7, 11) is 0. The topological polar surface area (TPSA) is 96.3 Å². The van der Waals surface area contributed by atoms with Crippen LogP contribution in [0.3, 0.4) is 0 Å². The Balaban J connectivity index is 1.81. The third-order valence-corrected chi connectivity index (χ3v) is 5.72. The van der Waals surface area contributed by atoms with Gasteiger partial charge >= 0.3 is 0 Å². The van der Waals surface area contributed by atoms with Crippen LogP contribution in [0.4, 0.5) is 0 Å². The summed E-state index contributed by atoms with van der Waals surface area (Å²) in [6.45, 7) is 2.98. The van der Waals surface area contributed by atoms with E-state index in [-0.39, 0.29) is 24.5 Å². The highest BCUT2D eigenvalue weighted by Gasteiger charge is 2.45. The molecular formula is C25H27NO6. The molecule has 1 unspecified atom stereocenters. The number of ether oxygens (including phenoxy) is 2. The van der Waals surface area contributed by atoms with Crippen molar-refractivity contribution in [3.05, 3.63) is 64.7 Å². The third-order valence-electron chi connectivity index (χ3n) is 5.72. The van der Waals surface area contributed by atoms with Crippen LogP contribution in [-0.4, -0.2) is 53.2 Å². The number of benzene rings is 2. The van der Waals surface area contributed by atoms with E-state index in [1.54, 1.807) is 36.4 Å². The molecule has 1 atom stereocenters. The molecule has 1 fully saturated rings. The van der Waals surface area contributed by atoms with E-state index in [1.165, 1.54) is 4.90 Å². The van der Waals surface area contributed by atoms with Crippen LogP contribution in [0.25, 0.3) is 5.76 Å². The Morgan fingerprint density at radius 3 is 2.84 bits per heavy atom. The van der Waals surface area contributed by atoms with E-state index in [1.807, 2.05) is 13.0 Å². The Hall–Kier alpha value is -3.32. The Labute approximate surface area is 186 Å². The molecule has 7 heteroatoms. The molecule has 0 spiro atoms. The fourth-order valence-electron chi connectivity index (χ4n) is 4.30. The maximum atomic E-state index is 13.0. The van der Waals surface area contributed by atoms with Crippen LogP contribution in [0, 0.1) is 0 Å². The number of amides is 1. The Morgan fingerprint density at radius 2 is 2.06 bits per heavy atom. The molecule has 32 heavy (non-hydrogen) atoms. The molecule has 0 saturated carbocycles. The fraction of sp³-hybridized carbons (Fsp3) is 0.360. The molecule has 2 N–H and O–H groups in total. The van der Waals surface area contributed by atoms with Gasteiger partial charge in [-0.05, 0) is 60.7 Å². The zero-order chi connectivity index (χ0) is 22.7. The molecule has 168 valence electrons. The average molecular weight is 437 g/mol. The first-order chi connectivity index (χ1) is 15.5. The SMILES string of the molecule is CCCN1C(=O)C(=O)/C(=C(\O)c2ccc3c(c2)CCCO3)C1c1cccc(OCCO)c1. The lowest BCUT2D eigenvalue weighted by molar-refractivity contribution is -0.139. The Bertz CT molecular complexity index is 1060. The van der Waals surface area contributed by atoms with Gasteiger partial charge in [0.15, 0.2) is 0 Å². The minimum Gasteiger partial charge on any atom is -0.507 e. The fourth-order valence-corrected chi connectivity index (χ4v) is 4.30. The van der Waals surface area contributed by atoms with Crippen LogP contribution in [0.2, 0.25) is 0 Å². The monoisotopic (exact) mass is 437 g/mol. The number of nitrogens with zero attached hydrogens (tertiary/aromatic N) is 1. The number of hydrogen-bond donors (Lipinski definition) is 2. The number of hydrogen-bond acceptors (Lipinski definition) is 6. The summed E-state index contributed by atoms with van der Waals surface area (Å²) in [6.07, 6.45) is 2.38. The highest BCUT2D eigenvalue weighted by molar-refractivity contribution is 6.46. The second-order valence-electron chi connectivity index (χ2n) is 7.91. The molecule has 0 aromatic heterocycles. The number of carbonyl (C=O) groups excluding carboxylic acids is 2. The summed E-state index contributed by atoms with van der Waals surface area (Å²) in [5, 5.41) is 20.3. The number of ketones is 1. The van der Waals surface area contributed by atoms with Crippen LogP contribution >= 0.6 is 0 Å². The quantitative estimate of drug-likeness (QED) is 0.392. The highest BCUT2D eigenvalue weighted by Crippen LogP contribution is 2.41. The van der Waals surface area contributed by atoms with Gasteiger partial charge in [-0.15, -0.1) is 0 Å². The van der Waals surface area contributed by atoms with Crippen molar-refractivity contribution in [1.29, 1.82) is 0 Å². The maximum absolute atomic E-state index is 13.0. The second-order valence-corrected chi connectivity index (χ2v) is 7.91. The lowest BCUT2D eigenvalue weighted by Crippen LogP contribution is -2.30. The minimum atomic E-state index is -0.722. The highest BCUT2D eigenvalue weighted by atomic mass is 16.5. The first-order valence-electron chi connectivity index (χ1n) is 10.9. The number of carbonyl (C=O) groups is 2. The number of Topliss-reactive ketones (excluding diaryl/α,β-unsaturated/α-hetero) is 1. The third kappa shape index (κ3) is 4.08. The van der Waals surface area contributed by atoms with Gasteiger partial charge in [-0.3, -0.25) is 9.59 Å². The largest absolute Gasteiger partial charge is 0.507 e. The van der Waals surface area contributed by atoms with Crippen molar-refractivity contribution in [1.82, 2.24) is 4.90 Å². The molecule has 2 aliphatic heterocycles. The van der Waals surface area contributed by atoms with Gasteiger partial charge in [-0.1, -0.05) is 19.1 Å². The van der Waals surface area contributed by atoms with Gasteiger partial charge in [0, 0.05) is 12.1 Å². The van der Waals surface area contributed by atoms with Gasteiger partial charge in [-0.2, -0.15) is 0 Å². The van der Waals surface area contributed by atoms with Gasteiger partial charge in [0.1, 0.15) is 23.9 Å². The van der Waals surface area contributed by atoms with E-state index < -0.39 is 17.7 Å². The zero-order valence-corrected chi connectivity index (χ0v) is 18.0. The molecule has 2 heterocycles. The van der Waals surface area contributed by atoms with E-state index >= 15 is 0 Å². The molecule has 4 rings (SSSR count). The van der Waals surface area contributed by atoms with Crippen molar-refractivity contribution in [3.8, 4) is 11.5 Å². The molecule has 2 aromatic rings.